The van der Waals surface area contributed by atoms with Crippen molar-refractivity contribution in [1.29, 1.82) is 0 Å². The zero-order chi connectivity index (χ0) is 12.0. The molecule has 1 aromatic carbocycles. The predicted molar refractivity (Wildman–Crippen MR) is 58.6 cm³/mol. The maximum absolute atomic E-state index is 11.8. The van der Waals surface area contributed by atoms with Crippen LogP contribution in [0.15, 0.2) is 24.3 Å². The average Bonchev–Trinajstić information content (AvgIpc) is 2.96. The first kappa shape index (κ1) is 10.3. The minimum atomic E-state index is -1.01. The first-order chi connectivity index (χ1) is 8.10. The van der Waals surface area contributed by atoms with Crippen LogP contribution in [-0.4, -0.2) is 22.6 Å². The lowest BCUT2D eigenvalue weighted by atomic mass is 10.2. The minimum Gasteiger partial charge on any atom is -0.478 e. The first-order valence-corrected chi connectivity index (χ1v) is 5.45. The summed E-state index contributed by atoms with van der Waals surface area (Å²) in [7, 11) is 0. The molecular weight excluding hydrogens is 222 g/mol. The van der Waals surface area contributed by atoms with Crippen molar-refractivity contribution in [3.63, 3.8) is 0 Å². The molecule has 0 aromatic heterocycles. The van der Waals surface area contributed by atoms with Gasteiger partial charge in [0.05, 0.1) is 17.7 Å². The lowest BCUT2D eigenvalue weighted by Crippen LogP contribution is -2.23. The molecule has 5 nitrogen and oxygen atoms in total. The monoisotopic (exact) mass is 233 g/mol. The molecule has 17 heavy (non-hydrogen) atoms. The standard InChI is InChI=1S/C12H11NO4/c14-10-7-12(4-5-12)17-13(10)9-3-1-2-8(6-9)11(15)16/h1-3,6H,4-5,7H2,(H,15,16). The van der Waals surface area contributed by atoms with Gasteiger partial charge in [0.25, 0.3) is 5.91 Å². The molecule has 2 aliphatic rings. The molecule has 0 bridgehead atoms. The molecule has 1 spiro atoms. The maximum atomic E-state index is 11.8. The summed E-state index contributed by atoms with van der Waals surface area (Å²) in [5.74, 6) is -1.12. The fourth-order valence-electron chi connectivity index (χ4n) is 1.99. The van der Waals surface area contributed by atoms with Crippen LogP contribution in [0.3, 0.4) is 0 Å². The molecule has 1 saturated heterocycles. The number of hydrogen-bond acceptors (Lipinski definition) is 3. The Hall–Kier alpha value is -1.88. The Kier molecular flexibility index (Phi) is 2.00. The summed E-state index contributed by atoms with van der Waals surface area (Å²) in [6.07, 6.45) is 2.19. The van der Waals surface area contributed by atoms with Crippen LogP contribution in [0.4, 0.5) is 5.69 Å². The molecular formula is C12H11NO4. The number of nitrogens with zero attached hydrogens (tertiary/aromatic N) is 1. The van der Waals surface area contributed by atoms with E-state index in [1.165, 1.54) is 17.2 Å². The third kappa shape index (κ3) is 1.68. The molecule has 0 unspecified atom stereocenters. The number of carbonyl (C=O) groups is 2. The molecule has 88 valence electrons. The lowest BCUT2D eigenvalue weighted by molar-refractivity contribution is -0.119. The summed E-state index contributed by atoms with van der Waals surface area (Å²) in [5, 5.41) is 10.1. The van der Waals surface area contributed by atoms with Gasteiger partial charge in [-0.3, -0.25) is 9.63 Å². The Morgan fingerprint density at radius 1 is 1.41 bits per heavy atom. The SMILES string of the molecule is O=C(O)c1cccc(N2OC3(CC3)CC2=O)c1. The van der Waals surface area contributed by atoms with Crippen molar-refractivity contribution in [2.75, 3.05) is 5.06 Å². The molecule has 0 radical (unpaired) electrons. The predicted octanol–water partition coefficient (Wildman–Crippen LogP) is 1.59. The van der Waals surface area contributed by atoms with Gasteiger partial charge in [-0.15, -0.1) is 0 Å². The van der Waals surface area contributed by atoms with E-state index < -0.39 is 5.97 Å². The molecule has 1 aliphatic carbocycles. The Balaban J connectivity index is 1.91. The van der Waals surface area contributed by atoms with Crippen molar-refractivity contribution in [3.05, 3.63) is 29.8 Å². The van der Waals surface area contributed by atoms with Gasteiger partial charge in [0.1, 0.15) is 5.60 Å². The van der Waals surface area contributed by atoms with Gasteiger partial charge in [0.15, 0.2) is 0 Å². The second-order valence-electron chi connectivity index (χ2n) is 4.49. The highest BCUT2D eigenvalue weighted by Crippen LogP contribution is 2.48. The fourth-order valence-corrected chi connectivity index (χ4v) is 1.99. The zero-order valence-electron chi connectivity index (χ0n) is 9.05. The third-order valence-corrected chi connectivity index (χ3v) is 3.12. The molecule has 3 rings (SSSR count). The first-order valence-electron chi connectivity index (χ1n) is 5.45. The Bertz CT molecular complexity index is 507. The van der Waals surface area contributed by atoms with Crippen LogP contribution in [0.5, 0.6) is 0 Å². The van der Waals surface area contributed by atoms with Crippen LogP contribution in [0, 0.1) is 0 Å². The van der Waals surface area contributed by atoms with E-state index in [-0.39, 0.29) is 17.1 Å². The number of anilines is 1. The lowest BCUT2D eigenvalue weighted by Gasteiger charge is -2.16. The largest absolute Gasteiger partial charge is 0.478 e. The van der Waals surface area contributed by atoms with Gasteiger partial charge in [0, 0.05) is 0 Å². The summed E-state index contributed by atoms with van der Waals surface area (Å²) >= 11 is 0. The van der Waals surface area contributed by atoms with Gasteiger partial charge >= 0.3 is 5.97 Å². The number of hydrogen-bond donors (Lipinski definition) is 1. The Labute approximate surface area is 97.6 Å². The molecule has 0 atom stereocenters. The van der Waals surface area contributed by atoms with E-state index in [0.29, 0.717) is 12.1 Å². The molecule has 1 saturated carbocycles. The van der Waals surface area contributed by atoms with Crippen LogP contribution in [0.2, 0.25) is 0 Å². The molecule has 5 heteroatoms. The van der Waals surface area contributed by atoms with Crippen molar-refractivity contribution in [2.24, 2.45) is 0 Å². The normalized spacial score (nSPS) is 20.9. The number of carboxylic acid groups (broad SMARTS) is 1. The summed E-state index contributed by atoms with van der Waals surface area (Å²) < 4.78 is 0. The van der Waals surface area contributed by atoms with Crippen molar-refractivity contribution < 1.29 is 19.5 Å². The highest BCUT2D eigenvalue weighted by Gasteiger charge is 2.54. The van der Waals surface area contributed by atoms with E-state index in [1.807, 2.05) is 0 Å². The van der Waals surface area contributed by atoms with Gasteiger partial charge in [0.2, 0.25) is 0 Å². The third-order valence-electron chi connectivity index (χ3n) is 3.12. The molecule has 1 aromatic rings. The number of amides is 1. The molecule has 1 aliphatic heterocycles. The van der Waals surface area contributed by atoms with Crippen LogP contribution in [0.1, 0.15) is 29.6 Å². The van der Waals surface area contributed by atoms with Crippen LogP contribution < -0.4 is 5.06 Å². The Morgan fingerprint density at radius 2 is 2.18 bits per heavy atom. The van der Waals surface area contributed by atoms with E-state index in [4.69, 9.17) is 9.94 Å². The second-order valence-corrected chi connectivity index (χ2v) is 4.49. The minimum absolute atomic E-state index is 0.106. The number of carboxylic acids is 1. The van der Waals surface area contributed by atoms with Crippen LogP contribution in [-0.2, 0) is 9.63 Å². The molecule has 2 fully saturated rings. The number of aromatic carboxylic acids is 1. The van der Waals surface area contributed by atoms with Gasteiger partial charge < -0.3 is 5.11 Å². The van der Waals surface area contributed by atoms with Crippen LogP contribution >= 0.6 is 0 Å². The fraction of sp³-hybridized carbons (Fsp3) is 0.333. The molecule has 1 N–H and O–H groups in total. The van der Waals surface area contributed by atoms with Gasteiger partial charge in [-0.05, 0) is 31.0 Å². The summed E-state index contributed by atoms with van der Waals surface area (Å²) in [6.45, 7) is 0. The van der Waals surface area contributed by atoms with E-state index in [2.05, 4.69) is 0 Å². The second kappa shape index (κ2) is 3.30. The van der Waals surface area contributed by atoms with Gasteiger partial charge in [-0.25, -0.2) is 4.79 Å². The van der Waals surface area contributed by atoms with Crippen LogP contribution in [0.25, 0.3) is 0 Å². The van der Waals surface area contributed by atoms with Gasteiger partial charge in [-0.1, -0.05) is 6.07 Å². The van der Waals surface area contributed by atoms with E-state index in [1.54, 1.807) is 12.1 Å². The van der Waals surface area contributed by atoms with Crippen molar-refractivity contribution in [1.82, 2.24) is 0 Å². The van der Waals surface area contributed by atoms with Crippen molar-refractivity contribution in [3.8, 4) is 0 Å². The summed E-state index contributed by atoms with van der Waals surface area (Å²) in [5.41, 5.74) is 0.338. The number of carbonyl (C=O) groups excluding carboxylic acids is 1. The highest BCUT2D eigenvalue weighted by atomic mass is 16.7. The smallest absolute Gasteiger partial charge is 0.335 e. The summed E-state index contributed by atoms with van der Waals surface area (Å²) in [4.78, 5) is 28.2. The highest BCUT2D eigenvalue weighted by molar-refractivity contribution is 5.96. The molecule has 1 heterocycles. The number of hydroxylamine groups is 1. The number of rotatable bonds is 2. The Morgan fingerprint density at radius 3 is 2.76 bits per heavy atom. The van der Waals surface area contributed by atoms with Crippen molar-refractivity contribution >= 4 is 17.6 Å². The van der Waals surface area contributed by atoms with Gasteiger partial charge in [-0.2, -0.15) is 5.06 Å². The number of benzene rings is 1. The van der Waals surface area contributed by atoms with Crippen molar-refractivity contribution in [2.45, 2.75) is 24.9 Å². The topological polar surface area (TPSA) is 66.8 Å². The summed E-state index contributed by atoms with van der Waals surface area (Å²) in [6, 6.07) is 6.21. The van der Waals surface area contributed by atoms with E-state index >= 15 is 0 Å². The maximum Gasteiger partial charge on any atom is 0.335 e. The van der Waals surface area contributed by atoms with E-state index in [0.717, 1.165) is 12.8 Å². The molecule has 1 amide bonds. The van der Waals surface area contributed by atoms with E-state index in [9.17, 15) is 9.59 Å². The quantitative estimate of drug-likeness (QED) is 0.842. The zero-order valence-corrected chi connectivity index (χ0v) is 9.05. The average molecular weight is 233 g/mol.